The summed E-state index contributed by atoms with van der Waals surface area (Å²) in [6.07, 6.45) is 1.83. The van der Waals surface area contributed by atoms with Crippen molar-refractivity contribution in [3.63, 3.8) is 0 Å². The van der Waals surface area contributed by atoms with Crippen molar-refractivity contribution in [1.82, 2.24) is 4.98 Å². The molecule has 1 aliphatic heterocycles. The second-order valence-electron chi connectivity index (χ2n) is 10.3. The second-order valence-corrected chi connectivity index (χ2v) is 10.3. The normalized spacial score (nSPS) is 14.1. The van der Waals surface area contributed by atoms with Gasteiger partial charge in [-0.1, -0.05) is 24.3 Å². The summed E-state index contributed by atoms with van der Waals surface area (Å²) >= 11 is 0. The van der Waals surface area contributed by atoms with Crippen LogP contribution < -0.4 is 4.74 Å². The van der Waals surface area contributed by atoms with Gasteiger partial charge in [0.2, 0.25) is 0 Å². The van der Waals surface area contributed by atoms with Crippen LogP contribution in [-0.4, -0.2) is 29.8 Å². The first-order valence-electron chi connectivity index (χ1n) is 12.6. The molecule has 2 heterocycles. The van der Waals surface area contributed by atoms with Crippen molar-refractivity contribution in [2.75, 3.05) is 13.2 Å². The van der Waals surface area contributed by atoms with E-state index in [-0.39, 0.29) is 12.6 Å². The summed E-state index contributed by atoms with van der Waals surface area (Å²) in [7, 11) is 0. The third-order valence-electron chi connectivity index (χ3n) is 6.91. The van der Waals surface area contributed by atoms with E-state index in [4.69, 9.17) is 19.2 Å². The number of rotatable bonds is 5. The van der Waals surface area contributed by atoms with Crippen LogP contribution in [0.3, 0.4) is 0 Å². The monoisotopic (exact) mass is 483 g/mol. The van der Waals surface area contributed by atoms with Gasteiger partial charge in [0.05, 0.1) is 24.3 Å². The molecule has 36 heavy (non-hydrogen) atoms. The van der Waals surface area contributed by atoms with Crippen LogP contribution in [0, 0.1) is 13.8 Å². The van der Waals surface area contributed by atoms with Gasteiger partial charge in [0.15, 0.2) is 6.10 Å². The number of pyridine rings is 1. The average Bonchev–Trinajstić information content (AvgIpc) is 2.85. The zero-order chi connectivity index (χ0) is 25.6. The highest BCUT2D eigenvalue weighted by molar-refractivity contribution is 6.09. The first kappa shape index (κ1) is 24.3. The maximum absolute atomic E-state index is 13.4. The summed E-state index contributed by atoms with van der Waals surface area (Å²) in [6.45, 7) is 12.8. The van der Waals surface area contributed by atoms with E-state index in [1.54, 1.807) is 0 Å². The fourth-order valence-electron chi connectivity index (χ4n) is 5.28. The zero-order valence-electron chi connectivity index (χ0n) is 21.9. The van der Waals surface area contributed by atoms with E-state index >= 15 is 0 Å². The molecule has 0 N–H and O–H groups in total. The summed E-state index contributed by atoms with van der Waals surface area (Å²) in [5.74, 6) is 0.469. The van der Waals surface area contributed by atoms with Crippen LogP contribution in [0.5, 0.6) is 5.75 Å². The van der Waals surface area contributed by atoms with E-state index < -0.39 is 11.7 Å². The zero-order valence-corrected chi connectivity index (χ0v) is 21.9. The molecule has 1 aromatic heterocycles. The summed E-state index contributed by atoms with van der Waals surface area (Å²) in [6, 6.07) is 14.5. The van der Waals surface area contributed by atoms with Gasteiger partial charge in [0.1, 0.15) is 5.75 Å². The van der Waals surface area contributed by atoms with Crippen LogP contribution in [0.4, 0.5) is 0 Å². The first-order valence-corrected chi connectivity index (χ1v) is 12.6. The molecule has 0 saturated carbocycles. The maximum atomic E-state index is 13.4. The molecule has 5 heteroatoms. The molecule has 5 nitrogen and oxygen atoms in total. The number of aryl methyl sites for hydroxylation is 1. The van der Waals surface area contributed by atoms with E-state index in [2.05, 4.69) is 44.2 Å². The molecule has 1 aliphatic rings. The average molecular weight is 484 g/mol. The van der Waals surface area contributed by atoms with Crippen molar-refractivity contribution in [3.8, 4) is 16.9 Å². The minimum Gasteiger partial charge on any atom is -0.493 e. The molecule has 0 fully saturated rings. The molecule has 0 saturated heterocycles. The Kier molecular flexibility index (Phi) is 6.21. The summed E-state index contributed by atoms with van der Waals surface area (Å²) in [5, 5.41) is 3.24. The lowest BCUT2D eigenvalue weighted by Crippen LogP contribution is -2.30. The third-order valence-corrected chi connectivity index (χ3v) is 6.91. The summed E-state index contributed by atoms with van der Waals surface area (Å²) in [4.78, 5) is 18.3. The number of esters is 1. The molecular weight excluding hydrogens is 450 g/mol. The number of ether oxygens (including phenoxy) is 3. The lowest BCUT2D eigenvalue weighted by atomic mass is 9.83. The number of carbonyl (C=O) groups is 1. The molecule has 0 unspecified atom stereocenters. The number of carbonyl (C=O) groups excluding carboxylic acids is 1. The van der Waals surface area contributed by atoms with Gasteiger partial charge in [-0.25, -0.2) is 4.79 Å². The number of aromatic nitrogens is 1. The van der Waals surface area contributed by atoms with E-state index in [9.17, 15) is 4.79 Å². The van der Waals surface area contributed by atoms with E-state index in [1.165, 1.54) is 5.56 Å². The highest BCUT2D eigenvalue weighted by Gasteiger charge is 2.34. The predicted octanol–water partition coefficient (Wildman–Crippen LogP) is 7.03. The number of hydrogen-bond acceptors (Lipinski definition) is 5. The number of hydrogen-bond donors (Lipinski definition) is 0. The molecule has 3 aromatic carbocycles. The number of nitrogens with zero attached hydrogens (tertiary/aromatic N) is 1. The fraction of sp³-hybridized carbons (Fsp3) is 0.355. The highest BCUT2D eigenvalue weighted by Crippen LogP contribution is 2.46. The lowest BCUT2D eigenvalue weighted by Gasteiger charge is -2.31. The van der Waals surface area contributed by atoms with Gasteiger partial charge < -0.3 is 14.2 Å². The molecule has 1 atom stereocenters. The van der Waals surface area contributed by atoms with Crippen LogP contribution in [0.1, 0.15) is 56.1 Å². The van der Waals surface area contributed by atoms with E-state index in [0.29, 0.717) is 6.61 Å². The van der Waals surface area contributed by atoms with E-state index in [0.717, 1.165) is 61.7 Å². The SMILES string of the molecule is CCOC(=O)[C@@H](OC(C)(C)C)c1c(C)c(C)c2ccccc2c1-c1ccc2c3c(ccnc13)CCO2. The van der Waals surface area contributed by atoms with Gasteiger partial charge in [-0.3, -0.25) is 4.98 Å². The van der Waals surface area contributed by atoms with Gasteiger partial charge in [-0.2, -0.15) is 0 Å². The van der Waals surface area contributed by atoms with Crippen molar-refractivity contribution in [1.29, 1.82) is 0 Å². The largest absolute Gasteiger partial charge is 0.493 e. The molecule has 4 aromatic rings. The summed E-state index contributed by atoms with van der Waals surface area (Å²) in [5.41, 5.74) is 6.42. The predicted molar refractivity (Wildman–Crippen MR) is 144 cm³/mol. The van der Waals surface area contributed by atoms with Gasteiger partial charge in [-0.15, -0.1) is 0 Å². The van der Waals surface area contributed by atoms with Gasteiger partial charge in [0.25, 0.3) is 0 Å². The Morgan fingerprint density at radius 3 is 2.53 bits per heavy atom. The first-order chi connectivity index (χ1) is 17.2. The highest BCUT2D eigenvalue weighted by atomic mass is 16.6. The van der Waals surface area contributed by atoms with Crippen molar-refractivity contribution < 1.29 is 19.0 Å². The van der Waals surface area contributed by atoms with E-state index in [1.807, 2.05) is 46.0 Å². The molecular formula is C31H33NO4. The molecule has 0 bridgehead atoms. The Morgan fingerprint density at radius 1 is 1.06 bits per heavy atom. The Bertz CT molecular complexity index is 1470. The minimum atomic E-state index is -0.884. The molecule has 0 amide bonds. The number of benzene rings is 3. The standard InChI is InChI=1S/C31H33NO4/c1-7-34-30(33)29(36-31(4,5)6)25-19(3)18(2)21-10-8-9-11-22(21)27(25)23-12-13-24-26-20(15-17-35-24)14-16-32-28(23)26/h8-14,16,29H,7,15,17H2,1-6H3/t29-/m0/s1. The Hall–Kier alpha value is -3.44. The molecule has 0 radical (unpaired) electrons. The lowest BCUT2D eigenvalue weighted by molar-refractivity contribution is -0.166. The molecule has 5 rings (SSSR count). The maximum Gasteiger partial charge on any atom is 0.339 e. The van der Waals surface area contributed by atoms with Gasteiger partial charge in [0, 0.05) is 29.1 Å². The second kappa shape index (κ2) is 9.21. The Labute approximate surface area is 212 Å². The van der Waals surface area contributed by atoms with Crippen molar-refractivity contribution in [2.24, 2.45) is 0 Å². The van der Waals surface area contributed by atoms with Gasteiger partial charge >= 0.3 is 5.97 Å². The van der Waals surface area contributed by atoms with Crippen LogP contribution in [-0.2, 0) is 20.7 Å². The Balaban J connectivity index is 1.92. The van der Waals surface area contributed by atoms with Crippen molar-refractivity contribution in [2.45, 2.75) is 59.7 Å². The van der Waals surface area contributed by atoms with Crippen molar-refractivity contribution in [3.05, 3.63) is 70.9 Å². The van der Waals surface area contributed by atoms with Crippen LogP contribution in [0.25, 0.3) is 32.8 Å². The van der Waals surface area contributed by atoms with Crippen LogP contribution >= 0.6 is 0 Å². The Morgan fingerprint density at radius 2 is 1.81 bits per heavy atom. The third kappa shape index (κ3) is 4.11. The molecule has 0 aliphatic carbocycles. The fourth-order valence-corrected chi connectivity index (χ4v) is 5.28. The topological polar surface area (TPSA) is 57.7 Å². The van der Waals surface area contributed by atoms with Gasteiger partial charge in [-0.05, 0) is 92.8 Å². The van der Waals surface area contributed by atoms with Crippen LogP contribution in [0.15, 0.2) is 48.7 Å². The molecule has 0 spiro atoms. The summed E-state index contributed by atoms with van der Waals surface area (Å²) < 4.78 is 18.0. The van der Waals surface area contributed by atoms with Crippen molar-refractivity contribution >= 4 is 27.6 Å². The number of fused-ring (bicyclic) bond motifs is 1. The van der Waals surface area contributed by atoms with Crippen LogP contribution in [0.2, 0.25) is 0 Å². The minimum absolute atomic E-state index is 0.281. The quantitative estimate of drug-likeness (QED) is 0.285. The smallest absolute Gasteiger partial charge is 0.339 e. The molecule has 186 valence electrons.